The molecule has 2 rings (SSSR count). The third-order valence-corrected chi connectivity index (χ3v) is 6.35. The van der Waals surface area contributed by atoms with Crippen LogP contribution in [0.4, 0.5) is 5.69 Å². The highest BCUT2D eigenvalue weighted by atomic mass is 35.5. The number of nitrogens with one attached hydrogen (secondary N) is 1. The van der Waals surface area contributed by atoms with Crippen LogP contribution in [0.2, 0.25) is 10.0 Å². The number of hydrogen-bond donors (Lipinski definition) is 2. The summed E-state index contributed by atoms with van der Waals surface area (Å²) < 4.78 is 50.1. The number of aromatic nitrogens is 1. The van der Waals surface area contributed by atoms with Gasteiger partial charge in [-0.2, -0.15) is 0 Å². The number of pyridine rings is 1. The molecule has 0 radical (unpaired) electrons. The summed E-state index contributed by atoms with van der Waals surface area (Å²) in [5.74, 6) is -0.966. The van der Waals surface area contributed by atoms with Crippen LogP contribution < -0.4 is 4.72 Å². The normalized spacial score (nSPS) is 12.1. The lowest BCUT2D eigenvalue weighted by Crippen LogP contribution is -2.14. The quantitative estimate of drug-likeness (QED) is 0.782. The van der Waals surface area contributed by atoms with Crippen molar-refractivity contribution in [3.63, 3.8) is 0 Å². The number of aromatic hydroxyl groups is 1. The molecule has 0 amide bonds. The zero-order chi connectivity index (χ0) is 18.1. The van der Waals surface area contributed by atoms with Crippen LogP contribution in [0, 0.1) is 0 Å². The molecule has 2 N–H and O–H groups in total. The number of hydrogen-bond acceptors (Lipinski definition) is 6. The second-order valence-corrected chi connectivity index (χ2v) is 9.42. The summed E-state index contributed by atoms with van der Waals surface area (Å²) in [5.41, 5.74) is -0.277. The van der Waals surface area contributed by atoms with E-state index in [9.17, 15) is 21.9 Å². The maximum Gasteiger partial charge on any atom is 0.262 e. The molecular weight excluding hydrogens is 399 g/mol. The van der Waals surface area contributed by atoms with Gasteiger partial charge in [-0.25, -0.2) is 21.8 Å². The predicted molar refractivity (Wildman–Crippen MR) is 90.9 cm³/mol. The number of anilines is 1. The van der Waals surface area contributed by atoms with Crippen LogP contribution in [0.5, 0.6) is 5.88 Å². The molecule has 11 heteroatoms. The summed E-state index contributed by atoms with van der Waals surface area (Å²) in [6.45, 7) is 1.42. The average molecular weight is 411 g/mol. The number of rotatable bonds is 5. The van der Waals surface area contributed by atoms with E-state index in [1.54, 1.807) is 0 Å². The van der Waals surface area contributed by atoms with Gasteiger partial charge >= 0.3 is 0 Å². The lowest BCUT2D eigenvalue weighted by molar-refractivity contribution is 0.450. The van der Waals surface area contributed by atoms with Crippen LogP contribution in [0.15, 0.2) is 40.3 Å². The summed E-state index contributed by atoms with van der Waals surface area (Å²) in [6.07, 6.45) is 0. The molecule has 1 aromatic carbocycles. The first-order valence-electron chi connectivity index (χ1n) is 6.47. The van der Waals surface area contributed by atoms with Gasteiger partial charge in [0.1, 0.15) is 5.69 Å². The fraction of sp³-hybridized carbons (Fsp3) is 0.154. The van der Waals surface area contributed by atoms with Gasteiger partial charge in [0, 0.05) is 10.0 Å². The Balaban J connectivity index is 2.40. The second kappa shape index (κ2) is 6.75. The molecule has 0 aliphatic rings. The van der Waals surface area contributed by atoms with E-state index in [4.69, 9.17) is 23.2 Å². The van der Waals surface area contributed by atoms with Crippen LogP contribution in [-0.2, 0) is 19.9 Å². The minimum absolute atomic E-state index is 0.120. The molecule has 0 atom stereocenters. The topological polar surface area (TPSA) is 113 Å². The summed E-state index contributed by atoms with van der Waals surface area (Å²) in [4.78, 5) is 3.30. The summed E-state index contributed by atoms with van der Waals surface area (Å²) >= 11 is 11.5. The van der Waals surface area contributed by atoms with Gasteiger partial charge in [-0.05, 0) is 30.3 Å². The Kier molecular flexibility index (Phi) is 5.28. The summed E-state index contributed by atoms with van der Waals surface area (Å²) in [7, 11) is -7.73. The van der Waals surface area contributed by atoms with Gasteiger partial charge in [0.25, 0.3) is 10.0 Å². The molecule has 0 bridgehead atoms. The summed E-state index contributed by atoms with van der Waals surface area (Å²) in [5, 5.41) is 9.70. The first kappa shape index (κ1) is 18.8. The molecule has 0 fully saturated rings. The fourth-order valence-corrected chi connectivity index (χ4v) is 4.30. The van der Waals surface area contributed by atoms with E-state index in [0.29, 0.717) is 0 Å². The number of nitrogens with zero attached hydrogens (tertiary/aromatic N) is 1. The van der Waals surface area contributed by atoms with Crippen molar-refractivity contribution >= 4 is 48.7 Å². The molecule has 24 heavy (non-hydrogen) atoms. The van der Waals surface area contributed by atoms with Crippen molar-refractivity contribution in [2.75, 3.05) is 10.5 Å². The molecular formula is C13H12Cl2N2O5S2. The third kappa shape index (κ3) is 4.10. The van der Waals surface area contributed by atoms with E-state index in [1.165, 1.54) is 25.1 Å². The van der Waals surface area contributed by atoms with Crippen LogP contribution >= 0.6 is 23.2 Å². The van der Waals surface area contributed by atoms with Crippen LogP contribution in [-0.4, -0.2) is 32.7 Å². The summed E-state index contributed by atoms with van der Waals surface area (Å²) in [6, 6.07) is 5.92. The number of sulfone groups is 1. The first-order chi connectivity index (χ1) is 11.0. The van der Waals surface area contributed by atoms with Gasteiger partial charge in [-0.1, -0.05) is 30.1 Å². The molecule has 0 unspecified atom stereocenters. The molecule has 1 heterocycles. The van der Waals surface area contributed by atoms with Crippen LogP contribution in [0.3, 0.4) is 0 Å². The maximum atomic E-state index is 12.3. The van der Waals surface area contributed by atoms with E-state index in [-0.39, 0.29) is 31.4 Å². The van der Waals surface area contributed by atoms with Gasteiger partial charge in [-0.15, -0.1) is 0 Å². The SMILES string of the molecule is CCS(=O)(=O)c1ccc(NS(=O)(=O)c2cc(Cl)cc(Cl)c2)c(O)n1. The predicted octanol–water partition coefficient (Wildman–Crippen LogP) is 2.69. The lowest BCUT2D eigenvalue weighted by atomic mass is 10.4. The highest BCUT2D eigenvalue weighted by Gasteiger charge is 2.20. The highest BCUT2D eigenvalue weighted by Crippen LogP contribution is 2.28. The van der Waals surface area contributed by atoms with Gasteiger partial charge in [-0.3, -0.25) is 4.72 Å². The highest BCUT2D eigenvalue weighted by molar-refractivity contribution is 7.92. The standard InChI is InChI=1S/C13H12Cl2N2O5S2/c1-2-23(19,20)12-4-3-11(13(18)16-12)17-24(21,22)10-6-8(14)5-9(15)7-10/h3-7,17H,2H2,1H3,(H,16,18). The largest absolute Gasteiger partial charge is 0.492 e. The average Bonchev–Trinajstić information content (AvgIpc) is 2.48. The van der Waals surface area contributed by atoms with E-state index in [0.717, 1.165) is 12.1 Å². The van der Waals surface area contributed by atoms with Crippen molar-refractivity contribution in [1.29, 1.82) is 0 Å². The smallest absolute Gasteiger partial charge is 0.262 e. The van der Waals surface area contributed by atoms with E-state index in [1.807, 2.05) is 0 Å². The van der Waals surface area contributed by atoms with Crippen molar-refractivity contribution in [2.24, 2.45) is 0 Å². The third-order valence-electron chi connectivity index (χ3n) is 2.94. The second-order valence-electron chi connectivity index (χ2n) is 4.63. The lowest BCUT2D eigenvalue weighted by Gasteiger charge is -2.10. The van der Waals surface area contributed by atoms with Crippen molar-refractivity contribution in [2.45, 2.75) is 16.8 Å². The zero-order valence-electron chi connectivity index (χ0n) is 12.2. The van der Waals surface area contributed by atoms with E-state index in [2.05, 4.69) is 9.71 Å². The van der Waals surface area contributed by atoms with Crippen molar-refractivity contribution in [3.8, 4) is 5.88 Å². The molecule has 0 saturated heterocycles. The Morgan fingerprint density at radius 3 is 2.17 bits per heavy atom. The molecule has 0 spiro atoms. The van der Waals surface area contributed by atoms with Gasteiger partial charge in [0.15, 0.2) is 14.9 Å². The van der Waals surface area contributed by atoms with Crippen molar-refractivity contribution < 1.29 is 21.9 Å². The molecule has 2 aromatic rings. The van der Waals surface area contributed by atoms with Crippen LogP contribution in [0.1, 0.15) is 6.92 Å². The number of sulfonamides is 1. The Labute approximate surface area is 149 Å². The molecule has 0 aliphatic carbocycles. The number of benzene rings is 1. The first-order valence-corrected chi connectivity index (χ1v) is 10.4. The van der Waals surface area contributed by atoms with Crippen molar-refractivity contribution in [3.05, 3.63) is 40.4 Å². The maximum absolute atomic E-state index is 12.3. The Morgan fingerprint density at radius 2 is 1.67 bits per heavy atom. The van der Waals surface area contributed by atoms with Gasteiger partial charge in [0.2, 0.25) is 5.88 Å². The Hall–Kier alpha value is -1.55. The van der Waals surface area contributed by atoms with Crippen molar-refractivity contribution in [1.82, 2.24) is 4.98 Å². The minimum atomic E-state index is -4.10. The monoisotopic (exact) mass is 410 g/mol. The zero-order valence-corrected chi connectivity index (χ0v) is 15.3. The Morgan fingerprint density at radius 1 is 1.08 bits per heavy atom. The molecule has 130 valence electrons. The van der Waals surface area contributed by atoms with Gasteiger partial charge in [0.05, 0.1) is 10.6 Å². The number of halogens is 2. The molecule has 0 saturated carbocycles. The van der Waals surface area contributed by atoms with E-state index >= 15 is 0 Å². The Bertz CT molecular complexity index is 971. The van der Waals surface area contributed by atoms with Gasteiger partial charge < -0.3 is 5.11 Å². The molecule has 0 aliphatic heterocycles. The minimum Gasteiger partial charge on any atom is -0.492 e. The molecule has 1 aromatic heterocycles. The van der Waals surface area contributed by atoms with E-state index < -0.39 is 25.7 Å². The fourth-order valence-electron chi connectivity index (χ4n) is 1.72. The van der Waals surface area contributed by atoms with Crippen LogP contribution in [0.25, 0.3) is 0 Å². The molecule has 7 nitrogen and oxygen atoms in total.